The molecule has 0 heterocycles. The Labute approximate surface area is 170 Å². The molecule has 3 rings (SSSR count). The number of amides is 1. The van der Waals surface area contributed by atoms with Gasteiger partial charge in [0.15, 0.2) is 0 Å². The van der Waals surface area contributed by atoms with E-state index in [2.05, 4.69) is 34.9 Å². The summed E-state index contributed by atoms with van der Waals surface area (Å²) in [4.78, 5) is 24.5. The smallest absolute Gasteiger partial charge is 0.339 e. The fourth-order valence-corrected chi connectivity index (χ4v) is 3.10. The highest BCUT2D eigenvalue weighted by molar-refractivity contribution is 6.01. The van der Waals surface area contributed by atoms with Gasteiger partial charge in [-0.3, -0.25) is 10.1 Å². The molecule has 0 saturated heterocycles. The largest absolute Gasteiger partial charge is 0.465 e. The molecule has 5 heteroatoms. The van der Waals surface area contributed by atoms with Crippen LogP contribution in [0.5, 0.6) is 0 Å². The van der Waals surface area contributed by atoms with Crippen molar-refractivity contribution >= 4 is 17.6 Å². The number of hydrogen-bond donors (Lipinski definition) is 2. The van der Waals surface area contributed by atoms with E-state index in [0.717, 1.165) is 11.1 Å². The van der Waals surface area contributed by atoms with E-state index in [4.69, 9.17) is 4.74 Å². The lowest BCUT2D eigenvalue weighted by Gasteiger charge is -2.20. The van der Waals surface area contributed by atoms with Crippen molar-refractivity contribution in [3.05, 3.63) is 101 Å². The van der Waals surface area contributed by atoms with Crippen molar-refractivity contribution in [3.8, 4) is 0 Å². The summed E-state index contributed by atoms with van der Waals surface area (Å²) >= 11 is 0. The molecule has 148 valence electrons. The molecule has 0 unspecified atom stereocenters. The SMILES string of the molecule is COC(=O)c1ccccc1NC(=O)CN[C@H](c1ccccc1)c1ccc(C)cc1. The van der Waals surface area contributed by atoms with Gasteiger partial charge < -0.3 is 10.1 Å². The minimum absolute atomic E-state index is 0.0863. The average molecular weight is 388 g/mol. The Hall–Kier alpha value is -3.44. The lowest BCUT2D eigenvalue weighted by molar-refractivity contribution is -0.115. The summed E-state index contributed by atoms with van der Waals surface area (Å²) in [5.41, 5.74) is 4.07. The fourth-order valence-electron chi connectivity index (χ4n) is 3.10. The van der Waals surface area contributed by atoms with Gasteiger partial charge in [0.1, 0.15) is 0 Å². The van der Waals surface area contributed by atoms with Crippen LogP contribution < -0.4 is 10.6 Å². The number of ether oxygens (including phenoxy) is 1. The third kappa shape index (κ3) is 5.30. The van der Waals surface area contributed by atoms with Gasteiger partial charge in [0.2, 0.25) is 5.91 Å². The summed E-state index contributed by atoms with van der Waals surface area (Å²) in [6.45, 7) is 2.13. The molecule has 0 radical (unpaired) electrons. The van der Waals surface area contributed by atoms with Gasteiger partial charge in [-0.25, -0.2) is 4.79 Å². The van der Waals surface area contributed by atoms with Crippen molar-refractivity contribution in [1.82, 2.24) is 5.32 Å². The number of esters is 1. The molecule has 29 heavy (non-hydrogen) atoms. The quantitative estimate of drug-likeness (QED) is 0.598. The summed E-state index contributed by atoms with van der Waals surface area (Å²) in [7, 11) is 1.31. The summed E-state index contributed by atoms with van der Waals surface area (Å²) in [5, 5.41) is 6.12. The second-order valence-corrected chi connectivity index (χ2v) is 6.72. The second-order valence-electron chi connectivity index (χ2n) is 6.72. The number of aryl methyl sites for hydroxylation is 1. The Bertz CT molecular complexity index is 969. The maximum Gasteiger partial charge on any atom is 0.339 e. The molecule has 0 aliphatic heterocycles. The molecule has 5 nitrogen and oxygen atoms in total. The van der Waals surface area contributed by atoms with E-state index in [0.29, 0.717) is 11.3 Å². The molecular weight excluding hydrogens is 364 g/mol. The molecule has 0 aliphatic rings. The molecule has 1 amide bonds. The van der Waals surface area contributed by atoms with Crippen molar-refractivity contribution in [2.75, 3.05) is 19.0 Å². The highest BCUT2D eigenvalue weighted by Gasteiger charge is 2.17. The molecule has 0 aliphatic carbocycles. The zero-order chi connectivity index (χ0) is 20.6. The maximum absolute atomic E-state index is 12.6. The van der Waals surface area contributed by atoms with Crippen molar-refractivity contribution in [3.63, 3.8) is 0 Å². The summed E-state index contributed by atoms with van der Waals surface area (Å²) in [6, 6.07) is 24.9. The van der Waals surface area contributed by atoms with Crippen LogP contribution in [0.2, 0.25) is 0 Å². The van der Waals surface area contributed by atoms with Gasteiger partial charge in [0, 0.05) is 0 Å². The number of carbonyl (C=O) groups excluding carboxylic acids is 2. The molecule has 2 N–H and O–H groups in total. The van der Waals surface area contributed by atoms with Crippen LogP contribution in [-0.2, 0) is 9.53 Å². The van der Waals surface area contributed by atoms with E-state index in [1.165, 1.54) is 12.7 Å². The Morgan fingerprint density at radius 1 is 0.862 bits per heavy atom. The first kappa shape index (κ1) is 20.3. The monoisotopic (exact) mass is 388 g/mol. The van der Waals surface area contributed by atoms with E-state index in [-0.39, 0.29) is 18.5 Å². The van der Waals surface area contributed by atoms with Gasteiger partial charge in [-0.1, -0.05) is 72.3 Å². The van der Waals surface area contributed by atoms with Crippen molar-refractivity contribution in [2.24, 2.45) is 0 Å². The van der Waals surface area contributed by atoms with Crippen molar-refractivity contribution in [2.45, 2.75) is 13.0 Å². The molecule has 1 atom stereocenters. The normalized spacial score (nSPS) is 11.5. The van der Waals surface area contributed by atoms with Crippen LogP contribution in [0.1, 0.15) is 33.1 Å². The minimum atomic E-state index is -0.490. The van der Waals surface area contributed by atoms with Gasteiger partial charge >= 0.3 is 5.97 Å². The number of anilines is 1. The van der Waals surface area contributed by atoms with E-state index < -0.39 is 5.97 Å². The van der Waals surface area contributed by atoms with E-state index in [1.54, 1.807) is 24.3 Å². The predicted molar refractivity (Wildman–Crippen MR) is 114 cm³/mol. The van der Waals surface area contributed by atoms with Crippen molar-refractivity contribution in [1.29, 1.82) is 0 Å². The first-order chi connectivity index (χ1) is 14.1. The number of benzene rings is 3. The summed E-state index contributed by atoms with van der Waals surface area (Å²) in [5.74, 6) is -0.731. The number of nitrogens with one attached hydrogen (secondary N) is 2. The zero-order valence-corrected chi connectivity index (χ0v) is 16.5. The minimum Gasteiger partial charge on any atom is -0.465 e. The van der Waals surface area contributed by atoms with Crippen LogP contribution >= 0.6 is 0 Å². The molecule has 3 aromatic carbocycles. The van der Waals surface area contributed by atoms with Crippen LogP contribution in [0.15, 0.2) is 78.9 Å². The first-order valence-corrected chi connectivity index (χ1v) is 9.40. The molecule has 0 bridgehead atoms. The predicted octanol–water partition coefficient (Wildman–Crippen LogP) is 4.10. The van der Waals surface area contributed by atoms with Gasteiger partial charge in [0.05, 0.1) is 30.9 Å². The summed E-state index contributed by atoms with van der Waals surface area (Å²) in [6.07, 6.45) is 0. The van der Waals surface area contributed by atoms with Crippen LogP contribution in [-0.4, -0.2) is 25.5 Å². The number of carbonyl (C=O) groups is 2. The molecule has 0 fully saturated rings. The first-order valence-electron chi connectivity index (χ1n) is 9.40. The van der Waals surface area contributed by atoms with E-state index in [9.17, 15) is 9.59 Å². The molecular formula is C24H24N2O3. The molecule has 0 saturated carbocycles. The number of rotatable bonds is 7. The van der Waals surface area contributed by atoms with E-state index in [1.807, 2.05) is 37.3 Å². The van der Waals surface area contributed by atoms with Crippen LogP contribution in [0.3, 0.4) is 0 Å². The van der Waals surface area contributed by atoms with Crippen molar-refractivity contribution < 1.29 is 14.3 Å². The third-order valence-corrected chi connectivity index (χ3v) is 4.62. The molecule has 3 aromatic rings. The summed E-state index contributed by atoms with van der Waals surface area (Å²) < 4.78 is 4.78. The Kier molecular flexibility index (Phi) is 6.76. The molecule has 0 spiro atoms. The lowest BCUT2D eigenvalue weighted by atomic mass is 9.98. The maximum atomic E-state index is 12.6. The molecule has 0 aromatic heterocycles. The highest BCUT2D eigenvalue weighted by Crippen LogP contribution is 2.22. The Morgan fingerprint density at radius 3 is 2.17 bits per heavy atom. The van der Waals surface area contributed by atoms with Crippen LogP contribution in [0.4, 0.5) is 5.69 Å². The third-order valence-electron chi connectivity index (χ3n) is 4.62. The van der Waals surface area contributed by atoms with Gasteiger partial charge in [-0.05, 0) is 30.2 Å². The highest BCUT2D eigenvalue weighted by atomic mass is 16.5. The fraction of sp³-hybridized carbons (Fsp3) is 0.167. The second kappa shape index (κ2) is 9.66. The number of hydrogen-bond acceptors (Lipinski definition) is 4. The zero-order valence-electron chi connectivity index (χ0n) is 16.5. The van der Waals surface area contributed by atoms with E-state index >= 15 is 0 Å². The number of methoxy groups -OCH3 is 1. The Balaban J connectivity index is 1.74. The van der Waals surface area contributed by atoms with Gasteiger partial charge in [-0.2, -0.15) is 0 Å². The number of para-hydroxylation sites is 1. The average Bonchev–Trinajstić information content (AvgIpc) is 2.75. The van der Waals surface area contributed by atoms with Crippen LogP contribution in [0.25, 0.3) is 0 Å². The van der Waals surface area contributed by atoms with Crippen LogP contribution in [0, 0.1) is 6.92 Å². The Morgan fingerprint density at radius 2 is 1.48 bits per heavy atom. The standard InChI is InChI=1S/C24H24N2O3/c1-17-12-14-19(15-13-17)23(18-8-4-3-5-9-18)25-16-22(27)26-21-11-7-6-10-20(21)24(28)29-2/h3-15,23,25H,16H2,1-2H3,(H,26,27)/t23-/m1/s1. The van der Waals surface area contributed by atoms with Gasteiger partial charge in [0.25, 0.3) is 0 Å². The van der Waals surface area contributed by atoms with Gasteiger partial charge in [-0.15, -0.1) is 0 Å². The lowest BCUT2D eigenvalue weighted by Crippen LogP contribution is -2.32. The topological polar surface area (TPSA) is 67.4 Å².